The molecular formula is C21H26N2O3. The predicted octanol–water partition coefficient (Wildman–Crippen LogP) is 3.58. The van der Waals surface area contributed by atoms with Gasteiger partial charge in [0.2, 0.25) is 5.91 Å². The summed E-state index contributed by atoms with van der Waals surface area (Å²) in [5.74, 6) is 1.90. The van der Waals surface area contributed by atoms with E-state index < -0.39 is 6.04 Å². The van der Waals surface area contributed by atoms with E-state index in [1.807, 2.05) is 49.1 Å². The van der Waals surface area contributed by atoms with E-state index in [0.717, 1.165) is 23.6 Å². The average molecular weight is 354 g/mol. The van der Waals surface area contributed by atoms with Crippen LogP contribution in [-0.4, -0.2) is 47.3 Å². The monoisotopic (exact) mass is 354 g/mol. The highest BCUT2D eigenvalue weighted by Crippen LogP contribution is 2.24. The normalized spacial score (nSPS) is 17.9. The number of nitrogens with zero attached hydrogens (tertiary/aromatic N) is 2. The molecule has 2 heterocycles. The highest BCUT2D eigenvalue weighted by atomic mass is 16.3. The Morgan fingerprint density at radius 1 is 1.23 bits per heavy atom. The molecule has 1 atom stereocenters. The number of carbonyl (C=O) groups excluding carboxylic acids is 2. The zero-order valence-electron chi connectivity index (χ0n) is 15.9. The lowest BCUT2D eigenvalue weighted by molar-refractivity contribution is -0.140. The SMILES string of the molecule is Cc1ccc(-c2cccc(C(=O)N3CCN(CC(C)C)C(=O)[C@@H]3C)c2)o1. The molecule has 1 aliphatic rings. The Morgan fingerprint density at radius 2 is 2.00 bits per heavy atom. The fourth-order valence-corrected chi connectivity index (χ4v) is 3.39. The number of hydrogen-bond donors (Lipinski definition) is 0. The Bertz CT molecular complexity index is 809. The molecule has 0 bridgehead atoms. The summed E-state index contributed by atoms with van der Waals surface area (Å²) in [5.41, 5.74) is 1.44. The molecule has 0 N–H and O–H groups in total. The standard InChI is InChI=1S/C21H26N2O3/c1-14(2)13-22-10-11-23(16(4)20(22)24)21(25)18-7-5-6-17(12-18)19-9-8-15(3)26-19/h5-9,12,14,16H,10-11,13H2,1-4H3/t16-/m0/s1. The van der Waals surface area contributed by atoms with Gasteiger partial charge in [0.15, 0.2) is 0 Å². The van der Waals surface area contributed by atoms with Crippen LogP contribution < -0.4 is 0 Å². The summed E-state index contributed by atoms with van der Waals surface area (Å²) in [4.78, 5) is 29.1. The van der Waals surface area contributed by atoms with E-state index >= 15 is 0 Å². The summed E-state index contributed by atoms with van der Waals surface area (Å²) >= 11 is 0. The molecule has 0 unspecified atom stereocenters. The van der Waals surface area contributed by atoms with E-state index in [9.17, 15) is 9.59 Å². The van der Waals surface area contributed by atoms with Gasteiger partial charge in [-0.1, -0.05) is 26.0 Å². The van der Waals surface area contributed by atoms with Gasteiger partial charge in [0.25, 0.3) is 5.91 Å². The number of furan rings is 1. The van der Waals surface area contributed by atoms with Crippen molar-refractivity contribution in [1.29, 1.82) is 0 Å². The van der Waals surface area contributed by atoms with Crippen molar-refractivity contribution in [3.05, 3.63) is 47.7 Å². The number of piperazine rings is 1. The first-order chi connectivity index (χ1) is 12.4. The molecule has 0 saturated carbocycles. The Labute approximate surface area is 154 Å². The molecule has 3 rings (SSSR count). The summed E-state index contributed by atoms with van der Waals surface area (Å²) < 4.78 is 5.65. The second kappa shape index (κ2) is 7.36. The van der Waals surface area contributed by atoms with Crippen LogP contribution >= 0.6 is 0 Å². The second-order valence-electron chi connectivity index (χ2n) is 7.34. The number of rotatable bonds is 4. The summed E-state index contributed by atoms with van der Waals surface area (Å²) in [7, 11) is 0. The largest absolute Gasteiger partial charge is 0.461 e. The van der Waals surface area contributed by atoms with Gasteiger partial charge in [0.1, 0.15) is 17.6 Å². The molecular weight excluding hydrogens is 328 g/mol. The van der Waals surface area contributed by atoms with Gasteiger partial charge in [0.05, 0.1) is 0 Å². The zero-order chi connectivity index (χ0) is 18.8. The predicted molar refractivity (Wildman–Crippen MR) is 101 cm³/mol. The van der Waals surface area contributed by atoms with E-state index in [2.05, 4.69) is 13.8 Å². The highest BCUT2D eigenvalue weighted by Gasteiger charge is 2.34. The van der Waals surface area contributed by atoms with Gasteiger partial charge in [-0.2, -0.15) is 0 Å². The van der Waals surface area contributed by atoms with Gasteiger partial charge in [-0.25, -0.2) is 0 Å². The highest BCUT2D eigenvalue weighted by molar-refractivity contribution is 5.98. The van der Waals surface area contributed by atoms with Crippen LogP contribution in [0.15, 0.2) is 40.8 Å². The maximum Gasteiger partial charge on any atom is 0.254 e. The number of carbonyl (C=O) groups is 2. The van der Waals surface area contributed by atoms with Gasteiger partial charge in [-0.05, 0) is 44.0 Å². The molecule has 1 aromatic carbocycles. The van der Waals surface area contributed by atoms with Crippen LogP contribution in [0.5, 0.6) is 0 Å². The van der Waals surface area contributed by atoms with Crippen LogP contribution in [0.1, 0.15) is 36.9 Å². The smallest absolute Gasteiger partial charge is 0.254 e. The van der Waals surface area contributed by atoms with Gasteiger partial charge >= 0.3 is 0 Å². The lowest BCUT2D eigenvalue weighted by atomic mass is 10.1. The number of hydrogen-bond acceptors (Lipinski definition) is 3. The molecule has 1 aliphatic heterocycles. The third kappa shape index (κ3) is 3.66. The first kappa shape index (κ1) is 18.2. The van der Waals surface area contributed by atoms with Crippen LogP contribution in [0.25, 0.3) is 11.3 Å². The maximum absolute atomic E-state index is 13.0. The van der Waals surface area contributed by atoms with E-state index in [1.165, 1.54) is 0 Å². The van der Waals surface area contributed by atoms with E-state index in [-0.39, 0.29) is 11.8 Å². The van der Waals surface area contributed by atoms with Crippen molar-refractivity contribution in [2.75, 3.05) is 19.6 Å². The molecule has 2 amide bonds. The number of amides is 2. The topological polar surface area (TPSA) is 53.8 Å². The zero-order valence-corrected chi connectivity index (χ0v) is 15.9. The molecule has 1 saturated heterocycles. The Hall–Kier alpha value is -2.56. The van der Waals surface area contributed by atoms with Crippen LogP contribution in [0.4, 0.5) is 0 Å². The van der Waals surface area contributed by atoms with Gasteiger partial charge in [-0.15, -0.1) is 0 Å². The van der Waals surface area contributed by atoms with Crippen LogP contribution in [0.2, 0.25) is 0 Å². The summed E-state index contributed by atoms with van der Waals surface area (Å²) in [6, 6.07) is 10.8. The number of aryl methyl sites for hydroxylation is 1. The Morgan fingerprint density at radius 3 is 2.65 bits per heavy atom. The lowest BCUT2D eigenvalue weighted by Gasteiger charge is -2.39. The van der Waals surface area contributed by atoms with E-state index in [0.29, 0.717) is 24.6 Å². The van der Waals surface area contributed by atoms with Crippen molar-refractivity contribution in [1.82, 2.24) is 9.80 Å². The van der Waals surface area contributed by atoms with Crippen molar-refractivity contribution in [3.63, 3.8) is 0 Å². The van der Waals surface area contributed by atoms with Gasteiger partial charge in [0, 0.05) is 30.8 Å². The van der Waals surface area contributed by atoms with Crippen molar-refractivity contribution in [3.8, 4) is 11.3 Å². The molecule has 1 aromatic heterocycles. The average Bonchev–Trinajstić information content (AvgIpc) is 3.05. The van der Waals surface area contributed by atoms with Crippen molar-refractivity contribution < 1.29 is 14.0 Å². The van der Waals surface area contributed by atoms with Gasteiger partial charge < -0.3 is 14.2 Å². The minimum absolute atomic E-state index is 0.0242. The summed E-state index contributed by atoms with van der Waals surface area (Å²) in [6.45, 7) is 9.77. The molecule has 5 nitrogen and oxygen atoms in total. The van der Waals surface area contributed by atoms with Crippen molar-refractivity contribution in [2.24, 2.45) is 5.92 Å². The van der Waals surface area contributed by atoms with E-state index in [4.69, 9.17) is 4.42 Å². The molecule has 2 aromatic rings. The van der Waals surface area contributed by atoms with Crippen molar-refractivity contribution in [2.45, 2.75) is 33.7 Å². The fraction of sp³-hybridized carbons (Fsp3) is 0.429. The first-order valence-corrected chi connectivity index (χ1v) is 9.13. The first-order valence-electron chi connectivity index (χ1n) is 9.13. The molecule has 138 valence electrons. The summed E-state index contributed by atoms with van der Waals surface area (Å²) in [6.07, 6.45) is 0. The molecule has 5 heteroatoms. The second-order valence-corrected chi connectivity index (χ2v) is 7.34. The van der Waals surface area contributed by atoms with Crippen LogP contribution in [-0.2, 0) is 4.79 Å². The molecule has 0 spiro atoms. The van der Waals surface area contributed by atoms with Crippen LogP contribution in [0, 0.1) is 12.8 Å². The molecule has 0 aliphatic carbocycles. The fourth-order valence-electron chi connectivity index (χ4n) is 3.39. The Balaban J connectivity index is 1.78. The third-order valence-corrected chi connectivity index (χ3v) is 4.73. The maximum atomic E-state index is 13.0. The Kier molecular flexibility index (Phi) is 5.16. The lowest BCUT2D eigenvalue weighted by Crippen LogP contribution is -2.58. The minimum atomic E-state index is -0.440. The molecule has 0 radical (unpaired) electrons. The third-order valence-electron chi connectivity index (χ3n) is 4.73. The molecule has 26 heavy (non-hydrogen) atoms. The van der Waals surface area contributed by atoms with E-state index in [1.54, 1.807) is 11.0 Å². The molecule has 1 fully saturated rings. The number of benzene rings is 1. The van der Waals surface area contributed by atoms with Crippen molar-refractivity contribution >= 4 is 11.8 Å². The quantitative estimate of drug-likeness (QED) is 0.843. The minimum Gasteiger partial charge on any atom is -0.461 e. The summed E-state index contributed by atoms with van der Waals surface area (Å²) in [5, 5.41) is 0. The van der Waals surface area contributed by atoms with Crippen LogP contribution in [0.3, 0.4) is 0 Å². The van der Waals surface area contributed by atoms with Gasteiger partial charge in [-0.3, -0.25) is 9.59 Å².